The molecule has 0 saturated carbocycles. The predicted molar refractivity (Wildman–Crippen MR) is 105 cm³/mol. The zero-order valence-electron chi connectivity index (χ0n) is 15.1. The van der Waals surface area contributed by atoms with Gasteiger partial charge in [-0.2, -0.15) is 8.42 Å². The highest BCUT2D eigenvalue weighted by atomic mass is 32.2. The maximum absolute atomic E-state index is 12.0. The summed E-state index contributed by atoms with van der Waals surface area (Å²) in [6, 6.07) is 13.6. The fourth-order valence-electron chi connectivity index (χ4n) is 2.84. The summed E-state index contributed by atoms with van der Waals surface area (Å²) < 4.78 is 28.7. The minimum Gasteiger partial charge on any atom is -0.505 e. The molecule has 3 rings (SSSR count). The van der Waals surface area contributed by atoms with E-state index in [4.69, 9.17) is 0 Å². The molecular weight excluding hydrogens is 366 g/mol. The molecule has 27 heavy (non-hydrogen) atoms. The number of azo groups is 1. The van der Waals surface area contributed by atoms with Crippen molar-refractivity contribution in [2.75, 3.05) is 19.5 Å². The Morgan fingerprint density at radius 3 is 2.52 bits per heavy atom. The van der Waals surface area contributed by atoms with Crippen molar-refractivity contribution >= 4 is 38.0 Å². The minimum atomic E-state index is -3.93. The zero-order valence-corrected chi connectivity index (χ0v) is 15.9. The van der Waals surface area contributed by atoms with E-state index in [9.17, 15) is 13.5 Å². The number of hydrogen-bond acceptors (Lipinski definition) is 7. The van der Waals surface area contributed by atoms with Gasteiger partial charge in [0.2, 0.25) is 0 Å². The van der Waals surface area contributed by atoms with Gasteiger partial charge in [-0.15, -0.1) is 10.2 Å². The molecule has 0 bridgehead atoms. The van der Waals surface area contributed by atoms with Crippen molar-refractivity contribution in [1.29, 1.82) is 0 Å². The number of nitrogens with zero attached hydrogens (tertiary/aromatic N) is 2. The van der Waals surface area contributed by atoms with Crippen LogP contribution in [-0.2, 0) is 14.3 Å². The van der Waals surface area contributed by atoms with E-state index < -0.39 is 10.1 Å². The maximum Gasteiger partial charge on any atom is 0.298 e. The average molecular weight is 385 g/mol. The molecule has 140 valence electrons. The third-order valence-corrected chi connectivity index (χ3v) is 5.51. The maximum atomic E-state index is 12.0. The van der Waals surface area contributed by atoms with Crippen LogP contribution in [0.1, 0.15) is 5.56 Å². The SMILES string of the molecule is CNc1cccc2cc(C)c(N=Nc3ccccc3S(=O)(=O)OC)c(O)c12. The number of rotatable bonds is 5. The average Bonchev–Trinajstić information content (AvgIpc) is 2.67. The Morgan fingerprint density at radius 2 is 1.81 bits per heavy atom. The molecule has 0 aliphatic rings. The minimum absolute atomic E-state index is 0.0224. The molecule has 0 aromatic heterocycles. The second-order valence-corrected chi connectivity index (χ2v) is 7.51. The molecule has 0 amide bonds. The number of hydrogen-bond donors (Lipinski definition) is 2. The number of fused-ring (bicyclic) bond motifs is 1. The summed E-state index contributed by atoms with van der Waals surface area (Å²) in [6.45, 7) is 1.80. The summed E-state index contributed by atoms with van der Waals surface area (Å²) in [5, 5.41) is 23.5. The van der Waals surface area contributed by atoms with Crippen LogP contribution >= 0.6 is 0 Å². The van der Waals surface area contributed by atoms with E-state index in [0.29, 0.717) is 10.9 Å². The van der Waals surface area contributed by atoms with E-state index >= 15 is 0 Å². The van der Waals surface area contributed by atoms with Crippen molar-refractivity contribution in [2.24, 2.45) is 10.2 Å². The Morgan fingerprint density at radius 1 is 1.07 bits per heavy atom. The van der Waals surface area contributed by atoms with Gasteiger partial charge in [0.15, 0.2) is 5.75 Å². The summed E-state index contributed by atoms with van der Waals surface area (Å²) in [7, 11) is -1.07. The molecule has 0 aliphatic heterocycles. The van der Waals surface area contributed by atoms with Crippen LogP contribution in [0, 0.1) is 6.92 Å². The normalized spacial score (nSPS) is 12.0. The molecule has 2 N–H and O–H groups in total. The number of aromatic hydroxyl groups is 1. The third-order valence-electron chi connectivity index (χ3n) is 4.18. The van der Waals surface area contributed by atoms with Gasteiger partial charge < -0.3 is 10.4 Å². The molecule has 3 aromatic rings. The summed E-state index contributed by atoms with van der Waals surface area (Å²) in [6.07, 6.45) is 0. The zero-order chi connectivity index (χ0) is 19.6. The first-order chi connectivity index (χ1) is 12.9. The highest BCUT2D eigenvalue weighted by molar-refractivity contribution is 7.87. The molecule has 0 saturated heterocycles. The highest BCUT2D eigenvalue weighted by Crippen LogP contribution is 2.42. The van der Waals surface area contributed by atoms with E-state index in [0.717, 1.165) is 18.2 Å². The first kappa shape index (κ1) is 18.8. The molecule has 3 aromatic carbocycles. The van der Waals surface area contributed by atoms with E-state index in [1.807, 2.05) is 24.3 Å². The Bertz CT molecular complexity index is 1140. The van der Waals surface area contributed by atoms with Crippen LogP contribution in [0.4, 0.5) is 17.1 Å². The molecule has 0 atom stereocenters. The van der Waals surface area contributed by atoms with Crippen molar-refractivity contribution in [3.63, 3.8) is 0 Å². The quantitative estimate of drug-likeness (QED) is 0.492. The second-order valence-electron chi connectivity index (χ2n) is 5.83. The fraction of sp³-hybridized carbons (Fsp3) is 0.158. The molecule has 0 fully saturated rings. The van der Waals surface area contributed by atoms with Crippen LogP contribution in [0.5, 0.6) is 5.75 Å². The number of phenolic OH excluding ortho intramolecular Hbond substituents is 1. The van der Waals surface area contributed by atoms with Gasteiger partial charge in [0, 0.05) is 18.1 Å². The van der Waals surface area contributed by atoms with Gasteiger partial charge in [-0.05, 0) is 42.1 Å². The summed E-state index contributed by atoms with van der Waals surface area (Å²) >= 11 is 0. The second kappa shape index (κ2) is 7.34. The number of phenols is 1. The van der Waals surface area contributed by atoms with Gasteiger partial charge in [0.25, 0.3) is 10.1 Å². The predicted octanol–water partition coefficient (Wildman–Crippen LogP) is 4.65. The lowest BCUT2D eigenvalue weighted by Gasteiger charge is -2.11. The molecule has 0 heterocycles. The number of benzene rings is 3. The van der Waals surface area contributed by atoms with Gasteiger partial charge in [-0.3, -0.25) is 4.18 Å². The Kier molecular flexibility index (Phi) is 5.11. The van der Waals surface area contributed by atoms with Crippen LogP contribution in [0.3, 0.4) is 0 Å². The van der Waals surface area contributed by atoms with Crippen molar-refractivity contribution < 1.29 is 17.7 Å². The molecule has 0 aliphatic carbocycles. The van der Waals surface area contributed by atoms with Crippen LogP contribution in [0.25, 0.3) is 10.8 Å². The van der Waals surface area contributed by atoms with Crippen molar-refractivity contribution in [3.8, 4) is 5.75 Å². The molecule has 8 heteroatoms. The lowest BCUT2D eigenvalue weighted by atomic mass is 10.0. The smallest absolute Gasteiger partial charge is 0.298 e. The highest BCUT2D eigenvalue weighted by Gasteiger charge is 2.18. The van der Waals surface area contributed by atoms with E-state index in [1.54, 1.807) is 26.1 Å². The Hall–Kier alpha value is -2.97. The summed E-state index contributed by atoms with van der Waals surface area (Å²) in [4.78, 5) is -0.0925. The first-order valence-corrected chi connectivity index (χ1v) is 9.54. The monoisotopic (exact) mass is 385 g/mol. The summed E-state index contributed by atoms with van der Waals surface area (Å²) in [5.74, 6) is -0.0224. The summed E-state index contributed by atoms with van der Waals surface area (Å²) in [5.41, 5.74) is 1.86. The van der Waals surface area contributed by atoms with Gasteiger partial charge in [-0.1, -0.05) is 24.3 Å². The Labute approximate surface area is 157 Å². The first-order valence-electron chi connectivity index (χ1n) is 8.13. The number of nitrogens with one attached hydrogen (secondary N) is 1. The van der Waals surface area contributed by atoms with Crippen LogP contribution in [0.15, 0.2) is 63.7 Å². The number of aryl methyl sites for hydroxylation is 1. The molecule has 0 unspecified atom stereocenters. The van der Waals surface area contributed by atoms with Gasteiger partial charge >= 0.3 is 0 Å². The standard InChI is InChI=1S/C19H19N3O4S/c1-12-11-13-7-6-9-15(20-2)17(13)19(23)18(12)22-21-14-8-4-5-10-16(14)27(24,25)26-3/h4-11,20,23H,1-3H3. The van der Waals surface area contributed by atoms with Crippen molar-refractivity contribution in [1.82, 2.24) is 0 Å². The lowest BCUT2D eigenvalue weighted by Crippen LogP contribution is -2.02. The van der Waals surface area contributed by atoms with Crippen LogP contribution in [0.2, 0.25) is 0 Å². The van der Waals surface area contributed by atoms with Crippen molar-refractivity contribution in [3.05, 3.63) is 54.1 Å². The van der Waals surface area contributed by atoms with Crippen LogP contribution in [-0.4, -0.2) is 27.7 Å². The fourth-order valence-corrected chi connectivity index (χ4v) is 3.63. The van der Waals surface area contributed by atoms with Gasteiger partial charge in [-0.25, -0.2) is 0 Å². The van der Waals surface area contributed by atoms with E-state index in [2.05, 4.69) is 19.7 Å². The molecular formula is C19H19N3O4S. The van der Waals surface area contributed by atoms with Gasteiger partial charge in [0.1, 0.15) is 16.3 Å². The third kappa shape index (κ3) is 3.49. The molecule has 7 nitrogen and oxygen atoms in total. The Balaban J connectivity index is 2.16. The van der Waals surface area contributed by atoms with E-state index in [1.165, 1.54) is 12.1 Å². The largest absolute Gasteiger partial charge is 0.505 e. The number of anilines is 1. The topological polar surface area (TPSA) is 100 Å². The molecule has 0 spiro atoms. The lowest BCUT2D eigenvalue weighted by molar-refractivity contribution is 0.398. The van der Waals surface area contributed by atoms with Crippen molar-refractivity contribution in [2.45, 2.75) is 11.8 Å². The molecule has 0 radical (unpaired) electrons. The van der Waals surface area contributed by atoms with Gasteiger partial charge in [0.05, 0.1) is 7.11 Å². The van der Waals surface area contributed by atoms with Crippen LogP contribution < -0.4 is 5.32 Å². The van der Waals surface area contributed by atoms with E-state index in [-0.39, 0.29) is 22.0 Å².